The Labute approximate surface area is 148 Å². The molecule has 0 aromatic heterocycles. The Morgan fingerprint density at radius 1 is 1.04 bits per heavy atom. The van der Waals surface area contributed by atoms with Crippen LogP contribution < -0.4 is 0 Å². The molecule has 2 saturated carbocycles. The van der Waals surface area contributed by atoms with Gasteiger partial charge in [0, 0.05) is 18.6 Å². The van der Waals surface area contributed by atoms with E-state index in [9.17, 15) is 5.26 Å². The molecule has 4 unspecified atom stereocenters. The molecule has 3 rings (SSSR count). The van der Waals surface area contributed by atoms with Gasteiger partial charge in [-0.1, -0.05) is 32.1 Å². The van der Waals surface area contributed by atoms with Crippen molar-refractivity contribution >= 4 is 8.32 Å². The van der Waals surface area contributed by atoms with E-state index in [0.717, 1.165) is 13.0 Å². The van der Waals surface area contributed by atoms with Crippen molar-refractivity contribution in [3.8, 4) is 6.07 Å². The minimum Gasteiger partial charge on any atom is -0.417 e. The largest absolute Gasteiger partial charge is 0.417 e. The van der Waals surface area contributed by atoms with Gasteiger partial charge in [-0.15, -0.1) is 0 Å². The van der Waals surface area contributed by atoms with Crippen LogP contribution in [0.3, 0.4) is 0 Å². The number of hydrogen-bond donors (Lipinski definition) is 0. The van der Waals surface area contributed by atoms with Crippen LogP contribution in [0.15, 0.2) is 0 Å². The summed E-state index contributed by atoms with van der Waals surface area (Å²) in [6.07, 6.45) is 11.4. The molecule has 4 atom stereocenters. The maximum atomic E-state index is 9.97. The fourth-order valence-electron chi connectivity index (χ4n) is 4.75. The maximum absolute atomic E-state index is 9.97. The van der Waals surface area contributed by atoms with Crippen LogP contribution >= 0.6 is 0 Å². The van der Waals surface area contributed by atoms with Gasteiger partial charge in [0.1, 0.15) is 6.04 Å². The molecule has 0 bridgehead atoms. The van der Waals surface area contributed by atoms with Crippen molar-refractivity contribution in [3.05, 3.63) is 0 Å². The molecule has 136 valence electrons. The van der Waals surface area contributed by atoms with Crippen molar-refractivity contribution in [1.82, 2.24) is 5.06 Å². The number of rotatable bonds is 4. The van der Waals surface area contributed by atoms with Crippen molar-refractivity contribution < 1.29 is 9.26 Å². The second kappa shape index (κ2) is 7.86. The Kier molecular flexibility index (Phi) is 6.02. The van der Waals surface area contributed by atoms with Crippen molar-refractivity contribution in [2.24, 2.45) is 11.8 Å². The maximum Gasteiger partial charge on any atom is 0.183 e. The summed E-state index contributed by atoms with van der Waals surface area (Å²) < 4.78 is 6.29. The molecule has 0 spiro atoms. The Bertz CT molecular complexity index is 453. The number of hydroxylamine groups is 2. The number of hydrogen-bond acceptors (Lipinski definition) is 4. The highest BCUT2D eigenvalue weighted by Gasteiger charge is 2.48. The minimum absolute atomic E-state index is 0.135. The van der Waals surface area contributed by atoms with Gasteiger partial charge >= 0.3 is 0 Å². The van der Waals surface area contributed by atoms with Crippen molar-refractivity contribution in [2.45, 2.75) is 95.6 Å². The lowest BCUT2D eigenvalue weighted by molar-refractivity contribution is -0.303. The van der Waals surface area contributed by atoms with E-state index in [1.165, 1.54) is 51.4 Å². The quantitative estimate of drug-likeness (QED) is 0.701. The van der Waals surface area contributed by atoms with E-state index in [2.05, 4.69) is 30.8 Å². The van der Waals surface area contributed by atoms with Gasteiger partial charge in [0.15, 0.2) is 8.32 Å². The van der Waals surface area contributed by atoms with E-state index in [-0.39, 0.29) is 6.04 Å². The van der Waals surface area contributed by atoms with Crippen LogP contribution in [0.4, 0.5) is 0 Å². The Balaban J connectivity index is 1.79. The molecule has 1 saturated heterocycles. The highest BCUT2D eigenvalue weighted by Crippen LogP contribution is 2.42. The molecule has 1 aliphatic heterocycles. The van der Waals surface area contributed by atoms with Gasteiger partial charge in [-0.2, -0.15) is 10.3 Å². The lowest BCUT2D eigenvalue weighted by Crippen LogP contribution is -2.59. The molecule has 0 radical (unpaired) electrons. The Hall–Kier alpha value is -0.413. The van der Waals surface area contributed by atoms with Crippen LogP contribution in [-0.2, 0) is 9.26 Å². The summed E-state index contributed by atoms with van der Waals surface area (Å²) in [5.41, 5.74) is 0. The average Bonchev–Trinajstić information content (AvgIpc) is 2.58. The van der Waals surface area contributed by atoms with Crippen LogP contribution in [0.5, 0.6) is 0 Å². The summed E-state index contributed by atoms with van der Waals surface area (Å²) in [7, 11) is -1.57. The summed E-state index contributed by atoms with van der Waals surface area (Å²) in [4.78, 5) is 6.46. The molecule has 24 heavy (non-hydrogen) atoms. The normalized spacial score (nSPS) is 36.1. The first-order valence-electron chi connectivity index (χ1n) is 9.98. The van der Waals surface area contributed by atoms with E-state index in [1.54, 1.807) is 0 Å². The van der Waals surface area contributed by atoms with Crippen LogP contribution in [0, 0.1) is 23.2 Å². The first-order chi connectivity index (χ1) is 11.5. The lowest BCUT2D eigenvalue weighted by Gasteiger charge is -2.51. The number of nitriles is 1. The van der Waals surface area contributed by atoms with E-state index in [4.69, 9.17) is 9.26 Å². The van der Waals surface area contributed by atoms with E-state index >= 15 is 0 Å². The molecule has 3 fully saturated rings. The van der Waals surface area contributed by atoms with Gasteiger partial charge in [0.2, 0.25) is 0 Å². The molecular formula is C19H34N2O2Si. The van der Waals surface area contributed by atoms with Gasteiger partial charge in [0.05, 0.1) is 12.2 Å². The van der Waals surface area contributed by atoms with Gasteiger partial charge in [-0.05, 0) is 51.2 Å². The van der Waals surface area contributed by atoms with E-state index in [1.807, 2.05) is 0 Å². The predicted molar refractivity (Wildman–Crippen MR) is 97.7 cm³/mol. The third-order valence-electron chi connectivity index (χ3n) is 6.02. The van der Waals surface area contributed by atoms with Crippen molar-refractivity contribution in [2.75, 3.05) is 6.61 Å². The zero-order chi connectivity index (χ0) is 17.2. The molecule has 5 heteroatoms. The number of nitrogens with zero attached hydrogens (tertiary/aromatic N) is 2. The molecule has 2 aliphatic carbocycles. The predicted octanol–water partition coefficient (Wildman–Crippen LogP) is 4.48. The van der Waals surface area contributed by atoms with Gasteiger partial charge < -0.3 is 4.43 Å². The van der Waals surface area contributed by atoms with Gasteiger partial charge in [0.25, 0.3) is 0 Å². The molecule has 4 nitrogen and oxygen atoms in total. The van der Waals surface area contributed by atoms with Crippen molar-refractivity contribution in [3.63, 3.8) is 0 Å². The smallest absolute Gasteiger partial charge is 0.183 e. The summed E-state index contributed by atoms with van der Waals surface area (Å²) in [6, 6.07) is 2.90. The third kappa shape index (κ3) is 4.22. The van der Waals surface area contributed by atoms with Gasteiger partial charge in [-0.25, -0.2) is 0 Å². The first kappa shape index (κ1) is 18.4. The third-order valence-corrected chi connectivity index (χ3v) is 7.05. The molecule has 1 heterocycles. The van der Waals surface area contributed by atoms with Crippen LogP contribution in [0.25, 0.3) is 0 Å². The van der Waals surface area contributed by atoms with Crippen molar-refractivity contribution in [1.29, 1.82) is 5.26 Å². The second-order valence-corrected chi connectivity index (χ2v) is 13.4. The summed E-state index contributed by atoms with van der Waals surface area (Å²) in [5, 5.41) is 12.1. The van der Waals surface area contributed by atoms with E-state index < -0.39 is 8.32 Å². The topological polar surface area (TPSA) is 45.5 Å². The zero-order valence-electron chi connectivity index (χ0n) is 15.7. The summed E-state index contributed by atoms with van der Waals surface area (Å²) in [5.74, 6) is 0.808. The average molecular weight is 351 g/mol. The monoisotopic (exact) mass is 350 g/mol. The standard InChI is InChI=1S/C19H34N2O2Si/c1-24(2,3)22-14-17-16-11-7-8-12-19(16)23-21(18(17)13-20)15-9-5-4-6-10-15/h15-19H,4-12,14H2,1-3H3. The molecule has 0 aromatic rings. The molecule has 0 N–H and O–H groups in total. The fourth-order valence-corrected chi connectivity index (χ4v) is 5.45. The van der Waals surface area contributed by atoms with Crippen LogP contribution in [0.1, 0.15) is 57.8 Å². The van der Waals surface area contributed by atoms with E-state index in [0.29, 0.717) is 24.0 Å². The molecule has 3 aliphatic rings. The molecular weight excluding hydrogens is 316 g/mol. The minimum atomic E-state index is -1.57. The Morgan fingerprint density at radius 2 is 1.71 bits per heavy atom. The molecule has 0 amide bonds. The fraction of sp³-hybridized carbons (Fsp3) is 0.947. The van der Waals surface area contributed by atoms with Gasteiger partial charge in [-0.3, -0.25) is 4.84 Å². The number of fused-ring (bicyclic) bond motifs is 1. The molecule has 0 aromatic carbocycles. The second-order valence-electron chi connectivity index (χ2n) is 8.91. The Morgan fingerprint density at radius 3 is 2.38 bits per heavy atom. The first-order valence-corrected chi connectivity index (χ1v) is 13.4. The highest BCUT2D eigenvalue weighted by molar-refractivity contribution is 6.69. The summed E-state index contributed by atoms with van der Waals surface area (Å²) in [6.45, 7) is 7.46. The van der Waals surface area contributed by atoms with Crippen LogP contribution in [0.2, 0.25) is 19.6 Å². The van der Waals surface area contributed by atoms with Crippen LogP contribution in [-0.4, -0.2) is 38.2 Å². The lowest BCUT2D eigenvalue weighted by atomic mass is 9.73. The summed E-state index contributed by atoms with van der Waals surface area (Å²) >= 11 is 0. The highest BCUT2D eigenvalue weighted by atomic mass is 28.4. The zero-order valence-corrected chi connectivity index (χ0v) is 16.7. The SMILES string of the molecule is C[Si](C)(C)OCC1C2CCCCC2ON(C2CCCCC2)C1C#N.